The zero-order chi connectivity index (χ0) is 27.4. The highest BCUT2D eigenvalue weighted by Crippen LogP contribution is 2.50. The van der Waals surface area contributed by atoms with Gasteiger partial charge in [0.1, 0.15) is 0 Å². The Morgan fingerprint density at radius 3 is 1.46 bits per heavy atom. The van der Waals surface area contributed by atoms with E-state index in [1.807, 2.05) is 74.5 Å². The third-order valence-corrected chi connectivity index (χ3v) is 8.63. The van der Waals surface area contributed by atoms with Crippen LogP contribution < -0.4 is 4.74 Å². The number of hydrogen-bond donors (Lipinski definition) is 0. The number of rotatable bonds is 5. The van der Waals surface area contributed by atoms with Crippen LogP contribution >= 0.6 is 58.0 Å². The molecule has 0 bridgehead atoms. The van der Waals surface area contributed by atoms with Gasteiger partial charge in [0, 0.05) is 53.3 Å². The van der Waals surface area contributed by atoms with Gasteiger partial charge in [0.2, 0.25) is 11.8 Å². The van der Waals surface area contributed by atoms with Gasteiger partial charge in [-0.3, -0.25) is 0 Å². The van der Waals surface area contributed by atoms with Gasteiger partial charge in [-0.15, -0.1) is 0 Å². The van der Waals surface area contributed by atoms with Gasteiger partial charge in [-0.1, -0.05) is 82.3 Å². The van der Waals surface area contributed by atoms with Gasteiger partial charge in [0.05, 0.1) is 24.5 Å². The van der Waals surface area contributed by atoms with E-state index < -0.39 is 0 Å². The molecule has 10 heteroatoms. The van der Waals surface area contributed by atoms with Gasteiger partial charge in [-0.25, -0.2) is 9.36 Å². The van der Waals surface area contributed by atoms with Gasteiger partial charge < -0.3 is 4.74 Å². The number of aromatic nitrogens is 4. The number of benzene rings is 3. The Morgan fingerprint density at radius 2 is 1.05 bits per heavy atom. The largest absolute Gasteiger partial charge is 0.421 e. The molecule has 0 saturated heterocycles. The molecule has 39 heavy (non-hydrogen) atoms. The maximum absolute atomic E-state index is 6.66. The first-order valence-electron chi connectivity index (χ1n) is 12.2. The van der Waals surface area contributed by atoms with Crippen molar-refractivity contribution in [2.75, 3.05) is 0 Å². The quantitative estimate of drug-likeness (QED) is 0.193. The molecule has 5 aromatic rings. The number of hydrogen-bond acceptors (Lipinski definition) is 3. The Bertz CT molecular complexity index is 1580. The van der Waals surface area contributed by atoms with Gasteiger partial charge in [0.25, 0.3) is 0 Å². The van der Waals surface area contributed by atoms with E-state index in [9.17, 15) is 0 Å². The summed E-state index contributed by atoms with van der Waals surface area (Å²) in [6.45, 7) is 4.62. The normalized spacial score (nSPS) is 12.8. The summed E-state index contributed by atoms with van der Waals surface area (Å²) < 4.78 is 10.3. The van der Waals surface area contributed by atoms with Gasteiger partial charge in [-0.05, 0) is 55.8 Å². The van der Waals surface area contributed by atoms with E-state index in [1.54, 1.807) is 9.36 Å². The van der Waals surface area contributed by atoms with Crippen LogP contribution in [-0.2, 0) is 13.1 Å². The lowest BCUT2D eigenvalue weighted by atomic mass is 9.84. The minimum absolute atomic E-state index is 0.188. The van der Waals surface area contributed by atoms with Crippen LogP contribution in [0.25, 0.3) is 0 Å². The van der Waals surface area contributed by atoms with E-state index in [-0.39, 0.29) is 5.92 Å². The van der Waals surface area contributed by atoms with E-state index in [1.165, 1.54) is 0 Å². The second-order valence-electron chi connectivity index (χ2n) is 9.41. The SMILES string of the molecule is Cc1nn(Cc2c(Cl)cccc2Cl)c2c1C(c1ccc(Cl)cc1)c1c(C)nn(Cc3c(Cl)cccc3Cl)c1O2. The fourth-order valence-corrected chi connectivity index (χ4v) is 6.29. The summed E-state index contributed by atoms with van der Waals surface area (Å²) in [4.78, 5) is 0. The molecular formula is C29H21Cl5N4O. The standard InChI is InChI=1S/C29H21Cl5N4O/c1-15-25-27(17-9-11-18(30)12-10-17)26-16(2)36-38(14-20-23(33)7-4-8-24(20)34)29(26)39-28(25)37(35-15)13-19-21(31)5-3-6-22(19)32/h3-12,27H,13-14H2,1-2H3. The molecule has 0 spiro atoms. The maximum Gasteiger partial charge on any atom is 0.224 e. The van der Waals surface area contributed by atoms with Crippen LogP contribution in [0.5, 0.6) is 11.8 Å². The third-order valence-electron chi connectivity index (χ3n) is 6.96. The van der Waals surface area contributed by atoms with Crippen molar-refractivity contribution in [1.82, 2.24) is 19.6 Å². The van der Waals surface area contributed by atoms with Crippen LogP contribution in [0.3, 0.4) is 0 Å². The predicted molar refractivity (Wildman–Crippen MR) is 158 cm³/mol. The molecule has 2 aromatic heterocycles. The molecule has 0 atom stereocenters. The Kier molecular flexibility index (Phi) is 7.07. The summed E-state index contributed by atoms with van der Waals surface area (Å²) >= 11 is 32.3. The van der Waals surface area contributed by atoms with Crippen LogP contribution in [0.4, 0.5) is 0 Å². The number of ether oxygens (including phenoxy) is 1. The van der Waals surface area contributed by atoms with Crippen LogP contribution in [-0.4, -0.2) is 19.6 Å². The Balaban J connectivity index is 1.54. The zero-order valence-electron chi connectivity index (χ0n) is 20.9. The van der Waals surface area contributed by atoms with E-state index in [0.29, 0.717) is 50.0 Å². The average molecular weight is 619 g/mol. The molecule has 1 aliphatic rings. The molecule has 1 aliphatic heterocycles. The van der Waals surface area contributed by atoms with Gasteiger partial charge in [-0.2, -0.15) is 10.2 Å². The molecule has 0 N–H and O–H groups in total. The summed E-state index contributed by atoms with van der Waals surface area (Å²) in [6.07, 6.45) is 0. The van der Waals surface area contributed by atoms with E-state index in [0.717, 1.165) is 39.2 Å². The third kappa shape index (κ3) is 4.71. The molecule has 0 fully saturated rings. The zero-order valence-corrected chi connectivity index (χ0v) is 24.6. The summed E-state index contributed by atoms with van der Waals surface area (Å²) in [7, 11) is 0. The molecule has 0 saturated carbocycles. The summed E-state index contributed by atoms with van der Waals surface area (Å²) in [5.74, 6) is 1.01. The number of fused-ring (bicyclic) bond motifs is 2. The van der Waals surface area contributed by atoms with Crippen LogP contribution in [0, 0.1) is 13.8 Å². The van der Waals surface area contributed by atoms with Gasteiger partial charge >= 0.3 is 0 Å². The maximum atomic E-state index is 6.66. The molecule has 0 unspecified atom stereocenters. The molecule has 5 nitrogen and oxygen atoms in total. The highest BCUT2D eigenvalue weighted by molar-refractivity contribution is 6.36. The fraction of sp³-hybridized carbons (Fsp3) is 0.172. The molecule has 6 rings (SSSR count). The fourth-order valence-electron chi connectivity index (χ4n) is 5.13. The van der Waals surface area contributed by atoms with Crippen molar-refractivity contribution in [3.05, 3.63) is 125 Å². The molecular weight excluding hydrogens is 598 g/mol. The summed E-state index contributed by atoms with van der Waals surface area (Å²) in [6, 6.07) is 18.7. The first-order chi connectivity index (χ1) is 18.7. The van der Waals surface area contributed by atoms with Crippen LogP contribution in [0.1, 0.15) is 45.1 Å². The minimum atomic E-state index is -0.188. The molecule has 0 radical (unpaired) electrons. The first kappa shape index (κ1) is 26.5. The molecule has 3 heterocycles. The lowest BCUT2D eigenvalue weighted by Crippen LogP contribution is -2.16. The van der Waals surface area contributed by atoms with Crippen molar-refractivity contribution in [2.45, 2.75) is 32.9 Å². The average Bonchev–Trinajstić information content (AvgIpc) is 3.39. The Hall–Kier alpha value is -2.67. The highest BCUT2D eigenvalue weighted by atomic mass is 35.5. The topological polar surface area (TPSA) is 44.9 Å². The summed E-state index contributed by atoms with van der Waals surface area (Å²) in [5.41, 5.74) is 6.13. The lowest BCUT2D eigenvalue weighted by Gasteiger charge is -2.26. The number of halogens is 5. The molecule has 198 valence electrons. The lowest BCUT2D eigenvalue weighted by molar-refractivity contribution is 0.362. The van der Waals surface area contributed by atoms with E-state index in [4.69, 9.17) is 72.9 Å². The second kappa shape index (κ2) is 10.4. The van der Waals surface area contributed by atoms with Crippen molar-refractivity contribution < 1.29 is 4.74 Å². The Morgan fingerprint density at radius 1 is 0.641 bits per heavy atom. The Labute approximate surface area is 250 Å². The van der Waals surface area contributed by atoms with Crippen molar-refractivity contribution in [2.24, 2.45) is 0 Å². The molecule has 3 aromatic carbocycles. The first-order valence-corrected chi connectivity index (χ1v) is 14.1. The molecule has 0 amide bonds. The van der Waals surface area contributed by atoms with Crippen LogP contribution in [0.2, 0.25) is 25.1 Å². The number of nitrogens with zero attached hydrogens (tertiary/aromatic N) is 4. The molecule has 0 aliphatic carbocycles. The highest BCUT2D eigenvalue weighted by Gasteiger charge is 2.39. The van der Waals surface area contributed by atoms with Crippen molar-refractivity contribution in [3.63, 3.8) is 0 Å². The van der Waals surface area contributed by atoms with Crippen molar-refractivity contribution in [3.8, 4) is 11.8 Å². The van der Waals surface area contributed by atoms with Gasteiger partial charge in [0.15, 0.2) is 0 Å². The monoisotopic (exact) mass is 616 g/mol. The van der Waals surface area contributed by atoms with Crippen LogP contribution in [0.15, 0.2) is 60.7 Å². The van der Waals surface area contributed by atoms with Crippen molar-refractivity contribution in [1.29, 1.82) is 0 Å². The smallest absolute Gasteiger partial charge is 0.224 e. The minimum Gasteiger partial charge on any atom is -0.421 e. The summed E-state index contributed by atoms with van der Waals surface area (Å²) in [5, 5.41) is 12.6. The van der Waals surface area contributed by atoms with E-state index >= 15 is 0 Å². The second-order valence-corrected chi connectivity index (χ2v) is 11.5. The van der Waals surface area contributed by atoms with E-state index in [2.05, 4.69) is 0 Å². The predicted octanol–water partition coefficient (Wildman–Crippen LogP) is 9.35. The number of aryl methyl sites for hydroxylation is 2. The van der Waals surface area contributed by atoms with Crippen molar-refractivity contribution >= 4 is 58.0 Å².